The van der Waals surface area contributed by atoms with Gasteiger partial charge in [0.15, 0.2) is 0 Å². The van der Waals surface area contributed by atoms with Crippen LogP contribution in [0.5, 0.6) is 0 Å². The number of hydrogen-bond acceptors (Lipinski definition) is 1. The van der Waals surface area contributed by atoms with Crippen LogP contribution in [-0.4, -0.2) is 0 Å². The van der Waals surface area contributed by atoms with E-state index >= 15 is 0 Å². The summed E-state index contributed by atoms with van der Waals surface area (Å²) in [6.07, 6.45) is 3.19. The van der Waals surface area contributed by atoms with Gasteiger partial charge in [-0.3, -0.25) is 0 Å². The summed E-state index contributed by atoms with van der Waals surface area (Å²) in [4.78, 5) is 2.56. The summed E-state index contributed by atoms with van der Waals surface area (Å²) in [7, 11) is 0. The molecule has 42 valence electrons. The van der Waals surface area contributed by atoms with Crippen LogP contribution in [0.25, 0.3) is 10.4 Å². The van der Waals surface area contributed by atoms with Crippen molar-refractivity contribution in [2.24, 2.45) is 5.11 Å². The first kappa shape index (κ1) is 6.79. The van der Waals surface area contributed by atoms with E-state index in [1.54, 1.807) is 13.0 Å². The minimum absolute atomic E-state index is 0.563. The third kappa shape index (κ3) is 2.05. The van der Waals surface area contributed by atoms with E-state index in [0.29, 0.717) is 5.70 Å². The molecule has 0 saturated heterocycles. The highest BCUT2D eigenvalue weighted by Gasteiger charge is 1.76. The highest BCUT2D eigenvalue weighted by atomic mass is 15.1. The van der Waals surface area contributed by atoms with Crippen LogP contribution >= 0.6 is 0 Å². The molecule has 0 saturated carbocycles. The molecule has 3 nitrogen and oxygen atoms in total. The lowest BCUT2D eigenvalue weighted by atomic mass is 10.4. The average Bonchev–Trinajstić information content (AvgIpc) is 1.83. The van der Waals surface area contributed by atoms with E-state index in [-0.39, 0.29) is 0 Å². The third-order valence-electron chi connectivity index (χ3n) is 0.665. The molecular formula is C5H7N3. The maximum atomic E-state index is 7.87. The molecule has 0 N–H and O–H groups in total. The average molecular weight is 109 g/mol. The van der Waals surface area contributed by atoms with Crippen LogP contribution in [0, 0.1) is 0 Å². The van der Waals surface area contributed by atoms with E-state index in [1.807, 2.05) is 0 Å². The molecule has 3 heteroatoms. The molecule has 0 aliphatic heterocycles. The first-order valence-electron chi connectivity index (χ1n) is 2.19. The van der Waals surface area contributed by atoms with Gasteiger partial charge in [-0.1, -0.05) is 23.8 Å². The summed E-state index contributed by atoms with van der Waals surface area (Å²) in [6.45, 7) is 5.20. The number of nitrogens with zero attached hydrogens (tertiary/aromatic N) is 3. The lowest BCUT2D eigenvalue weighted by Crippen LogP contribution is -1.61. The zero-order valence-electron chi connectivity index (χ0n) is 4.70. The molecule has 8 heavy (non-hydrogen) atoms. The van der Waals surface area contributed by atoms with Crippen molar-refractivity contribution in [2.45, 2.75) is 6.92 Å². The Morgan fingerprint density at radius 3 is 2.62 bits per heavy atom. The molecule has 0 aliphatic carbocycles. The first-order valence-corrected chi connectivity index (χ1v) is 2.19. The van der Waals surface area contributed by atoms with Gasteiger partial charge < -0.3 is 0 Å². The fourth-order valence-corrected chi connectivity index (χ4v) is 0.268. The summed E-state index contributed by atoms with van der Waals surface area (Å²) in [5.41, 5.74) is 8.43. The quantitative estimate of drug-likeness (QED) is 0.226. The number of hydrogen-bond donors (Lipinski definition) is 0. The summed E-state index contributed by atoms with van der Waals surface area (Å²) in [5.74, 6) is 0. The fraction of sp³-hybridized carbons (Fsp3) is 0.200. The van der Waals surface area contributed by atoms with Gasteiger partial charge in [0.05, 0.1) is 0 Å². The smallest absolute Gasteiger partial charge is 0.0326 e. The van der Waals surface area contributed by atoms with Crippen molar-refractivity contribution in [3.63, 3.8) is 0 Å². The van der Waals surface area contributed by atoms with Crippen LogP contribution in [-0.2, 0) is 0 Å². The van der Waals surface area contributed by atoms with Gasteiger partial charge in [-0.25, -0.2) is 0 Å². The Morgan fingerprint density at radius 2 is 2.50 bits per heavy atom. The molecule has 0 aromatic heterocycles. The SMILES string of the molecule is C=C/C(=C\C)N=[N+]=[N-]. The second kappa shape index (κ2) is 3.96. The van der Waals surface area contributed by atoms with Gasteiger partial charge in [0.1, 0.15) is 0 Å². The largest absolute Gasteiger partial charge is 0.0986 e. The van der Waals surface area contributed by atoms with E-state index in [1.165, 1.54) is 6.08 Å². The molecule has 0 heterocycles. The van der Waals surface area contributed by atoms with Gasteiger partial charge in [0, 0.05) is 10.6 Å². The van der Waals surface area contributed by atoms with Crippen molar-refractivity contribution in [1.29, 1.82) is 0 Å². The van der Waals surface area contributed by atoms with E-state index in [9.17, 15) is 0 Å². The Hall–Kier alpha value is -1.21. The minimum atomic E-state index is 0.563. The number of azide groups is 1. The second-order valence-corrected chi connectivity index (χ2v) is 1.11. The Balaban J connectivity index is 4.12. The van der Waals surface area contributed by atoms with Crippen LogP contribution in [0.15, 0.2) is 29.5 Å². The van der Waals surface area contributed by atoms with Crippen molar-refractivity contribution in [3.05, 3.63) is 34.9 Å². The molecule has 0 atom stereocenters. The van der Waals surface area contributed by atoms with E-state index in [0.717, 1.165) is 0 Å². The van der Waals surface area contributed by atoms with Crippen LogP contribution in [0.2, 0.25) is 0 Å². The van der Waals surface area contributed by atoms with Crippen LogP contribution < -0.4 is 0 Å². The Morgan fingerprint density at radius 1 is 1.88 bits per heavy atom. The Labute approximate surface area is 48.0 Å². The number of rotatable bonds is 2. The van der Waals surface area contributed by atoms with Gasteiger partial charge in [-0.2, -0.15) is 0 Å². The monoisotopic (exact) mass is 109 g/mol. The Kier molecular flexibility index (Phi) is 3.36. The van der Waals surface area contributed by atoms with E-state index in [4.69, 9.17) is 5.53 Å². The van der Waals surface area contributed by atoms with Gasteiger partial charge in [0.25, 0.3) is 0 Å². The molecule has 0 bridgehead atoms. The molecule has 0 aliphatic rings. The van der Waals surface area contributed by atoms with Crippen molar-refractivity contribution in [3.8, 4) is 0 Å². The van der Waals surface area contributed by atoms with Crippen molar-refractivity contribution < 1.29 is 0 Å². The van der Waals surface area contributed by atoms with Crippen molar-refractivity contribution in [1.82, 2.24) is 0 Å². The van der Waals surface area contributed by atoms with Crippen LogP contribution in [0.1, 0.15) is 6.92 Å². The zero-order chi connectivity index (χ0) is 6.41. The van der Waals surface area contributed by atoms with Crippen molar-refractivity contribution in [2.75, 3.05) is 0 Å². The van der Waals surface area contributed by atoms with Gasteiger partial charge in [0.2, 0.25) is 0 Å². The molecule has 0 amide bonds. The summed E-state index contributed by atoms with van der Waals surface area (Å²) < 4.78 is 0. The van der Waals surface area contributed by atoms with Crippen LogP contribution in [0.3, 0.4) is 0 Å². The molecule has 0 aromatic rings. The van der Waals surface area contributed by atoms with Gasteiger partial charge in [-0.05, 0) is 12.5 Å². The highest BCUT2D eigenvalue weighted by Crippen LogP contribution is 1.95. The van der Waals surface area contributed by atoms with Gasteiger partial charge >= 0.3 is 0 Å². The first-order chi connectivity index (χ1) is 3.85. The molecule has 0 rings (SSSR count). The second-order valence-electron chi connectivity index (χ2n) is 1.11. The Bertz CT molecular complexity index is 151. The molecule has 0 radical (unpaired) electrons. The molecule has 0 spiro atoms. The van der Waals surface area contributed by atoms with Crippen LogP contribution in [0.4, 0.5) is 0 Å². The number of allylic oxidation sites excluding steroid dienone is 2. The van der Waals surface area contributed by atoms with E-state index in [2.05, 4.69) is 16.6 Å². The zero-order valence-corrected chi connectivity index (χ0v) is 4.70. The van der Waals surface area contributed by atoms with Crippen molar-refractivity contribution >= 4 is 0 Å². The molecule has 0 unspecified atom stereocenters. The minimum Gasteiger partial charge on any atom is -0.0986 e. The summed E-state index contributed by atoms with van der Waals surface area (Å²) in [6, 6.07) is 0. The normalized spacial score (nSPS) is 9.88. The fourth-order valence-electron chi connectivity index (χ4n) is 0.268. The lowest BCUT2D eigenvalue weighted by molar-refractivity contribution is 1.35. The van der Waals surface area contributed by atoms with Gasteiger partial charge in [-0.15, -0.1) is 0 Å². The molecule has 0 aromatic carbocycles. The highest BCUT2D eigenvalue weighted by molar-refractivity contribution is 5.12. The maximum Gasteiger partial charge on any atom is 0.0326 e. The van der Waals surface area contributed by atoms with E-state index < -0.39 is 0 Å². The topological polar surface area (TPSA) is 48.8 Å². The summed E-state index contributed by atoms with van der Waals surface area (Å²) >= 11 is 0. The lowest BCUT2D eigenvalue weighted by Gasteiger charge is -1.80. The third-order valence-corrected chi connectivity index (χ3v) is 0.665. The predicted octanol–water partition coefficient (Wildman–Crippen LogP) is 2.39. The standard InChI is InChI=1S/C5H7N3/c1-3-5(4-2)7-8-6/h3-4H,1H2,2H3/b5-4+. The maximum absolute atomic E-state index is 7.87. The molecule has 0 fully saturated rings. The summed E-state index contributed by atoms with van der Waals surface area (Å²) in [5, 5.41) is 3.28. The predicted molar refractivity (Wildman–Crippen MR) is 33.1 cm³/mol. The molecular weight excluding hydrogens is 102 g/mol.